The quantitative estimate of drug-likeness (QED) is 0.775. The average Bonchev–Trinajstić information content (AvgIpc) is 2.78. The van der Waals surface area contributed by atoms with E-state index in [0.29, 0.717) is 12.1 Å². The lowest BCUT2D eigenvalue weighted by molar-refractivity contribution is -0.131. The van der Waals surface area contributed by atoms with Crippen molar-refractivity contribution in [2.45, 2.75) is 51.2 Å². The Morgan fingerprint density at radius 1 is 1.47 bits per heavy atom. The molecule has 1 heterocycles. The zero-order valence-electron chi connectivity index (χ0n) is 10.9. The first-order chi connectivity index (χ1) is 8.14. The number of rotatable bonds is 3. The fourth-order valence-electron chi connectivity index (χ4n) is 2.89. The first-order valence-electron chi connectivity index (χ1n) is 6.68. The predicted molar refractivity (Wildman–Crippen MR) is 66.8 cm³/mol. The normalized spacial score (nSPS) is 38.0. The van der Waals surface area contributed by atoms with Crippen LogP contribution in [0.3, 0.4) is 0 Å². The van der Waals surface area contributed by atoms with Crippen LogP contribution >= 0.6 is 0 Å². The van der Waals surface area contributed by atoms with Gasteiger partial charge in [0.05, 0.1) is 11.5 Å². The van der Waals surface area contributed by atoms with E-state index in [-0.39, 0.29) is 11.3 Å². The number of piperidine rings is 1. The van der Waals surface area contributed by atoms with Crippen molar-refractivity contribution in [2.24, 2.45) is 5.41 Å². The van der Waals surface area contributed by atoms with Crippen LogP contribution < -0.4 is 10.6 Å². The topological polar surface area (TPSA) is 50.4 Å². The van der Waals surface area contributed by atoms with Crippen LogP contribution in [-0.4, -0.2) is 38.3 Å². The molecule has 0 bridgehead atoms. The monoisotopic (exact) mass is 240 g/mol. The highest BCUT2D eigenvalue weighted by molar-refractivity contribution is 5.82. The van der Waals surface area contributed by atoms with E-state index in [9.17, 15) is 4.79 Å². The van der Waals surface area contributed by atoms with E-state index in [2.05, 4.69) is 17.6 Å². The van der Waals surface area contributed by atoms with Gasteiger partial charge in [0, 0.05) is 19.7 Å². The molecule has 0 aromatic rings. The molecule has 2 N–H and O–H groups in total. The Labute approximate surface area is 103 Å². The summed E-state index contributed by atoms with van der Waals surface area (Å²) in [5.41, 5.74) is -0.219. The number of carbonyl (C=O) groups is 1. The number of nitrogens with one attached hydrogen (secondary N) is 2. The fraction of sp³-hybridized carbons (Fsp3) is 0.923. The molecular formula is C13H24N2O2. The van der Waals surface area contributed by atoms with E-state index in [4.69, 9.17) is 4.74 Å². The minimum atomic E-state index is -0.219. The van der Waals surface area contributed by atoms with Gasteiger partial charge in [0.2, 0.25) is 5.91 Å². The van der Waals surface area contributed by atoms with Gasteiger partial charge in [-0.2, -0.15) is 0 Å². The van der Waals surface area contributed by atoms with Crippen molar-refractivity contribution in [3.05, 3.63) is 0 Å². The van der Waals surface area contributed by atoms with Gasteiger partial charge in [-0.15, -0.1) is 0 Å². The molecule has 17 heavy (non-hydrogen) atoms. The lowest BCUT2D eigenvalue weighted by Crippen LogP contribution is -2.50. The number of carbonyl (C=O) groups excluding carboxylic acids is 1. The summed E-state index contributed by atoms with van der Waals surface area (Å²) < 4.78 is 5.33. The molecule has 4 nitrogen and oxygen atoms in total. The molecular weight excluding hydrogens is 216 g/mol. The molecule has 3 unspecified atom stereocenters. The van der Waals surface area contributed by atoms with Gasteiger partial charge < -0.3 is 15.4 Å². The smallest absolute Gasteiger partial charge is 0.227 e. The first-order valence-corrected chi connectivity index (χ1v) is 6.68. The molecule has 2 aliphatic rings. The minimum Gasteiger partial charge on any atom is -0.381 e. The summed E-state index contributed by atoms with van der Waals surface area (Å²) in [4.78, 5) is 12.3. The molecule has 0 spiro atoms. The molecule has 4 heteroatoms. The fourth-order valence-corrected chi connectivity index (χ4v) is 2.89. The van der Waals surface area contributed by atoms with Crippen molar-refractivity contribution in [2.75, 3.05) is 20.2 Å². The van der Waals surface area contributed by atoms with Crippen LogP contribution in [0.1, 0.15) is 39.0 Å². The number of amides is 1. The van der Waals surface area contributed by atoms with Gasteiger partial charge in [-0.1, -0.05) is 0 Å². The Hall–Kier alpha value is -0.610. The van der Waals surface area contributed by atoms with Crippen LogP contribution in [0.2, 0.25) is 0 Å². The molecule has 1 saturated heterocycles. The third-order valence-corrected chi connectivity index (χ3v) is 4.20. The Balaban J connectivity index is 1.84. The third kappa shape index (κ3) is 2.99. The van der Waals surface area contributed by atoms with Gasteiger partial charge in [0.1, 0.15) is 0 Å². The number of hydrogen-bond donors (Lipinski definition) is 2. The molecule has 1 saturated carbocycles. The van der Waals surface area contributed by atoms with E-state index in [1.54, 1.807) is 7.11 Å². The van der Waals surface area contributed by atoms with Gasteiger partial charge >= 0.3 is 0 Å². The highest BCUT2D eigenvalue weighted by Gasteiger charge is 2.36. The molecule has 1 aliphatic carbocycles. The number of methoxy groups -OCH3 is 1. The van der Waals surface area contributed by atoms with Gasteiger partial charge in [0.15, 0.2) is 0 Å². The Kier molecular flexibility index (Phi) is 4.05. The zero-order chi connectivity index (χ0) is 12.3. The van der Waals surface area contributed by atoms with Gasteiger partial charge in [-0.05, 0) is 45.6 Å². The molecule has 98 valence electrons. The van der Waals surface area contributed by atoms with Crippen molar-refractivity contribution >= 4 is 5.91 Å². The summed E-state index contributed by atoms with van der Waals surface area (Å²) >= 11 is 0. The molecule has 1 aliphatic heterocycles. The maximum Gasteiger partial charge on any atom is 0.227 e. The second kappa shape index (κ2) is 5.36. The molecule has 2 fully saturated rings. The predicted octanol–water partition coefficient (Wildman–Crippen LogP) is 1.06. The minimum absolute atomic E-state index is 0.214. The molecule has 0 radical (unpaired) electrons. The Morgan fingerprint density at radius 2 is 2.29 bits per heavy atom. The summed E-state index contributed by atoms with van der Waals surface area (Å²) in [6, 6.07) is 0.311. The summed E-state index contributed by atoms with van der Waals surface area (Å²) in [6.07, 6.45) is 5.50. The molecule has 0 aromatic heterocycles. The molecule has 3 atom stereocenters. The second-order valence-electron chi connectivity index (χ2n) is 5.68. The SMILES string of the molecule is COC1CCC(NC(=O)C2(C)CCCNC2)C1. The van der Waals surface area contributed by atoms with E-state index in [1.165, 1.54) is 0 Å². The first kappa shape index (κ1) is 12.8. The van der Waals surface area contributed by atoms with Gasteiger partial charge in [-0.3, -0.25) is 4.79 Å². The molecule has 2 rings (SSSR count). The van der Waals surface area contributed by atoms with Gasteiger partial charge in [0.25, 0.3) is 0 Å². The van der Waals surface area contributed by atoms with E-state index in [1.807, 2.05) is 0 Å². The van der Waals surface area contributed by atoms with E-state index in [0.717, 1.165) is 45.2 Å². The molecule has 1 amide bonds. The molecule has 0 aromatic carbocycles. The lowest BCUT2D eigenvalue weighted by atomic mass is 9.81. The number of ether oxygens (including phenoxy) is 1. The van der Waals surface area contributed by atoms with Crippen LogP contribution in [0.25, 0.3) is 0 Å². The average molecular weight is 240 g/mol. The maximum atomic E-state index is 12.3. The summed E-state index contributed by atoms with van der Waals surface area (Å²) in [6.45, 7) is 3.91. The lowest BCUT2D eigenvalue weighted by Gasteiger charge is -2.33. The van der Waals surface area contributed by atoms with Crippen LogP contribution in [-0.2, 0) is 9.53 Å². The van der Waals surface area contributed by atoms with E-state index >= 15 is 0 Å². The van der Waals surface area contributed by atoms with Crippen molar-refractivity contribution < 1.29 is 9.53 Å². The van der Waals surface area contributed by atoms with Crippen LogP contribution in [0.4, 0.5) is 0 Å². The Morgan fingerprint density at radius 3 is 2.88 bits per heavy atom. The number of hydrogen-bond acceptors (Lipinski definition) is 3. The summed E-state index contributed by atoms with van der Waals surface area (Å²) in [5.74, 6) is 0.214. The van der Waals surface area contributed by atoms with Crippen molar-refractivity contribution in [1.29, 1.82) is 0 Å². The zero-order valence-corrected chi connectivity index (χ0v) is 10.9. The standard InChI is InChI=1S/C13H24N2O2/c1-13(6-3-7-14-9-13)12(16)15-10-4-5-11(8-10)17-2/h10-11,14H,3-9H2,1-2H3,(H,15,16). The second-order valence-corrected chi connectivity index (χ2v) is 5.68. The van der Waals surface area contributed by atoms with Gasteiger partial charge in [-0.25, -0.2) is 0 Å². The summed E-state index contributed by atoms with van der Waals surface area (Å²) in [7, 11) is 1.75. The largest absolute Gasteiger partial charge is 0.381 e. The van der Waals surface area contributed by atoms with Crippen LogP contribution in [0, 0.1) is 5.41 Å². The van der Waals surface area contributed by atoms with Crippen LogP contribution in [0.15, 0.2) is 0 Å². The van der Waals surface area contributed by atoms with E-state index < -0.39 is 0 Å². The maximum absolute atomic E-state index is 12.3. The third-order valence-electron chi connectivity index (χ3n) is 4.20. The van der Waals surface area contributed by atoms with Crippen molar-refractivity contribution in [1.82, 2.24) is 10.6 Å². The van der Waals surface area contributed by atoms with Crippen molar-refractivity contribution in [3.63, 3.8) is 0 Å². The summed E-state index contributed by atoms with van der Waals surface area (Å²) in [5, 5.41) is 6.51. The van der Waals surface area contributed by atoms with Crippen LogP contribution in [0.5, 0.6) is 0 Å². The highest BCUT2D eigenvalue weighted by Crippen LogP contribution is 2.28. The Bertz CT molecular complexity index is 275. The highest BCUT2D eigenvalue weighted by atomic mass is 16.5. The van der Waals surface area contributed by atoms with Crippen molar-refractivity contribution in [3.8, 4) is 0 Å².